The first-order chi connectivity index (χ1) is 12.4. The van der Waals surface area contributed by atoms with Crippen LogP contribution in [0.4, 0.5) is 13.2 Å². The zero-order valence-electron chi connectivity index (χ0n) is 13.0. The summed E-state index contributed by atoms with van der Waals surface area (Å²) in [5.41, 5.74) is 0.128. The molecule has 0 aliphatic rings. The van der Waals surface area contributed by atoms with Crippen molar-refractivity contribution in [2.45, 2.75) is 11.3 Å². The van der Waals surface area contributed by atoms with E-state index >= 15 is 0 Å². The number of hydrogen-bond acceptors (Lipinski definition) is 5. The van der Waals surface area contributed by atoms with Crippen molar-refractivity contribution in [1.82, 2.24) is 0 Å². The van der Waals surface area contributed by atoms with Crippen LogP contribution in [-0.4, -0.2) is 19.9 Å². The smallest absolute Gasteiger partial charge is 0.506 e. The molecule has 0 aliphatic carbocycles. The maximum atomic E-state index is 12.6. The summed E-state index contributed by atoms with van der Waals surface area (Å²) in [6.07, 6.45) is -3.90. The van der Waals surface area contributed by atoms with Crippen LogP contribution >= 0.6 is 45.2 Å². The van der Waals surface area contributed by atoms with Gasteiger partial charge in [0.05, 0.1) is 8.47 Å². The summed E-state index contributed by atoms with van der Waals surface area (Å²) in [6, 6.07) is 8.18. The Morgan fingerprint density at radius 2 is 1.78 bits per heavy atom. The first kappa shape index (κ1) is 21.8. The largest absolute Gasteiger partial charge is 0.573 e. The molecule has 0 amide bonds. The lowest BCUT2D eigenvalue weighted by atomic mass is 10.2. The molecule has 27 heavy (non-hydrogen) atoms. The number of aromatic hydroxyl groups is 1. The van der Waals surface area contributed by atoms with Crippen molar-refractivity contribution in [2.75, 3.05) is 0 Å². The van der Waals surface area contributed by atoms with Crippen LogP contribution in [0, 0.1) is 18.5 Å². The first-order valence-electron chi connectivity index (χ1n) is 6.85. The quantitative estimate of drug-likeness (QED) is 0.391. The molecule has 0 bridgehead atoms. The topological polar surface area (TPSA) is 87.4 Å². The molecule has 0 saturated carbocycles. The van der Waals surface area contributed by atoms with E-state index in [-0.39, 0.29) is 16.2 Å². The molecular weight excluding hydrogens is 613 g/mol. The van der Waals surface area contributed by atoms with E-state index in [1.807, 2.05) is 45.2 Å². The van der Waals surface area contributed by atoms with Crippen LogP contribution in [0.25, 0.3) is 6.08 Å². The highest BCUT2D eigenvalue weighted by atomic mass is 127. The Bertz CT molecular complexity index is 1040. The van der Waals surface area contributed by atoms with E-state index in [0.717, 1.165) is 30.3 Å². The fourth-order valence-corrected chi connectivity index (χ4v) is 4.99. The fourth-order valence-electron chi connectivity index (χ4n) is 1.95. The number of sulfone groups is 1. The third-order valence-electron chi connectivity index (χ3n) is 3.11. The van der Waals surface area contributed by atoms with Gasteiger partial charge >= 0.3 is 6.36 Å². The van der Waals surface area contributed by atoms with E-state index in [0.29, 0.717) is 7.14 Å². The Labute approximate surface area is 179 Å². The number of allylic oxidation sites excluding steroid dienone is 1. The number of benzene rings is 2. The van der Waals surface area contributed by atoms with Crippen molar-refractivity contribution in [2.24, 2.45) is 0 Å². The lowest BCUT2D eigenvalue weighted by Gasteiger charge is -2.09. The fraction of sp³-hybridized carbons (Fsp3) is 0.0625. The second-order valence-corrected chi connectivity index (χ2v) is 9.29. The van der Waals surface area contributed by atoms with E-state index in [4.69, 9.17) is 0 Å². The van der Waals surface area contributed by atoms with Crippen LogP contribution in [0.15, 0.2) is 46.2 Å². The van der Waals surface area contributed by atoms with Gasteiger partial charge in [-0.25, -0.2) is 8.42 Å². The third kappa shape index (κ3) is 5.48. The lowest BCUT2D eigenvalue weighted by Crippen LogP contribution is -2.17. The third-order valence-corrected chi connectivity index (χ3v) is 6.24. The summed E-state index contributed by atoms with van der Waals surface area (Å²) < 4.78 is 66.6. The highest BCUT2D eigenvalue weighted by Crippen LogP contribution is 2.31. The van der Waals surface area contributed by atoms with Gasteiger partial charge in [-0.3, -0.25) is 0 Å². The van der Waals surface area contributed by atoms with Crippen molar-refractivity contribution >= 4 is 61.1 Å². The van der Waals surface area contributed by atoms with Crippen LogP contribution in [0.1, 0.15) is 5.56 Å². The molecule has 0 saturated heterocycles. The SMILES string of the molecule is N#CC(=Cc1cc(I)cc(I)c1O)S(=O)(=O)c1ccc(OC(F)(F)F)cc1. The van der Waals surface area contributed by atoms with Gasteiger partial charge < -0.3 is 9.84 Å². The molecule has 2 rings (SSSR count). The van der Waals surface area contributed by atoms with Crippen molar-refractivity contribution in [3.63, 3.8) is 0 Å². The van der Waals surface area contributed by atoms with Crippen molar-refractivity contribution < 1.29 is 31.4 Å². The summed E-state index contributed by atoms with van der Waals surface area (Å²) in [4.78, 5) is -1.05. The maximum absolute atomic E-state index is 12.6. The van der Waals surface area contributed by atoms with Crippen LogP contribution in [0.2, 0.25) is 0 Å². The van der Waals surface area contributed by atoms with Gasteiger partial charge in [0.1, 0.15) is 22.5 Å². The van der Waals surface area contributed by atoms with Crippen molar-refractivity contribution in [3.8, 4) is 17.6 Å². The number of phenolic OH excluding ortho intramolecular Hbond substituents is 1. The highest BCUT2D eigenvalue weighted by Gasteiger charge is 2.31. The molecule has 0 aliphatic heterocycles. The zero-order chi connectivity index (χ0) is 20.4. The van der Waals surface area contributed by atoms with Crippen LogP contribution < -0.4 is 4.74 Å². The number of ether oxygens (including phenoxy) is 1. The van der Waals surface area contributed by atoms with Gasteiger partial charge in [0.25, 0.3) is 0 Å². The standard InChI is InChI=1S/C16H8F3I2NO4S/c17-16(18,19)26-11-1-3-12(4-2-11)27(24,25)13(8-22)6-9-5-10(20)7-14(21)15(9)23/h1-7,23H. The van der Waals surface area contributed by atoms with Gasteiger partial charge in [0, 0.05) is 9.13 Å². The molecule has 2 aromatic rings. The van der Waals surface area contributed by atoms with E-state index in [1.54, 1.807) is 12.1 Å². The highest BCUT2D eigenvalue weighted by molar-refractivity contribution is 14.1. The lowest BCUT2D eigenvalue weighted by molar-refractivity contribution is -0.274. The van der Waals surface area contributed by atoms with Crippen LogP contribution in [0.3, 0.4) is 0 Å². The molecule has 1 N–H and O–H groups in total. The van der Waals surface area contributed by atoms with Crippen LogP contribution in [0.5, 0.6) is 11.5 Å². The number of phenols is 1. The minimum Gasteiger partial charge on any atom is -0.506 e. The maximum Gasteiger partial charge on any atom is 0.573 e. The van der Waals surface area contributed by atoms with E-state index < -0.39 is 26.9 Å². The molecule has 142 valence electrons. The minimum absolute atomic E-state index is 0.128. The summed E-state index contributed by atoms with van der Waals surface area (Å²) in [6.45, 7) is 0. The number of halogens is 5. The molecule has 0 aromatic heterocycles. The molecule has 11 heteroatoms. The second-order valence-electron chi connectivity index (χ2n) is 4.97. The summed E-state index contributed by atoms with van der Waals surface area (Å²) >= 11 is 3.83. The molecule has 0 heterocycles. The van der Waals surface area contributed by atoms with Gasteiger partial charge in [-0.15, -0.1) is 13.2 Å². The Kier molecular flexibility index (Phi) is 6.63. The van der Waals surface area contributed by atoms with E-state index in [9.17, 15) is 32.0 Å². The number of hydrogen-bond donors (Lipinski definition) is 1. The van der Waals surface area contributed by atoms with Crippen molar-refractivity contribution in [3.05, 3.63) is 54.0 Å². The van der Waals surface area contributed by atoms with Gasteiger partial charge in [0.15, 0.2) is 0 Å². The van der Waals surface area contributed by atoms with Gasteiger partial charge in [0.2, 0.25) is 9.84 Å². The molecule has 0 unspecified atom stereocenters. The predicted molar refractivity (Wildman–Crippen MR) is 107 cm³/mol. The molecule has 0 fully saturated rings. The average molecular weight is 621 g/mol. The minimum atomic E-state index is -4.91. The first-order valence-corrected chi connectivity index (χ1v) is 10.5. The Morgan fingerprint density at radius 3 is 2.30 bits per heavy atom. The Morgan fingerprint density at radius 1 is 1.19 bits per heavy atom. The van der Waals surface area contributed by atoms with Gasteiger partial charge in [-0.05, 0) is 87.7 Å². The summed E-state index contributed by atoms with van der Waals surface area (Å²) in [5, 5.41) is 19.3. The molecule has 5 nitrogen and oxygen atoms in total. The normalized spacial score (nSPS) is 12.5. The Hall–Kier alpha value is -1.53. The number of nitriles is 1. The second kappa shape index (κ2) is 8.23. The van der Waals surface area contributed by atoms with Crippen molar-refractivity contribution in [1.29, 1.82) is 5.26 Å². The number of nitrogens with zero attached hydrogens (tertiary/aromatic N) is 1. The average Bonchev–Trinajstić information content (AvgIpc) is 2.55. The molecule has 0 atom stereocenters. The monoisotopic (exact) mass is 621 g/mol. The van der Waals surface area contributed by atoms with E-state index in [2.05, 4.69) is 4.74 Å². The van der Waals surface area contributed by atoms with Crippen LogP contribution in [-0.2, 0) is 9.84 Å². The molecule has 2 aromatic carbocycles. The van der Waals surface area contributed by atoms with Gasteiger partial charge in [-0.1, -0.05) is 0 Å². The number of rotatable bonds is 4. The van der Waals surface area contributed by atoms with E-state index in [1.165, 1.54) is 6.07 Å². The summed E-state index contributed by atoms with van der Waals surface area (Å²) in [7, 11) is -4.31. The Balaban J connectivity index is 2.46. The van der Waals surface area contributed by atoms with Gasteiger partial charge in [-0.2, -0.15) is 5.26 Å². The molecular formula is C16H8F3I2NO4S. The number of alkyl halides is 3. The molecule has 0 radical (unpaired) electrons. The molecule has 0 spiro atoms. The predicted octanol–water partition coefficient (Wildman–Crippen LogP) is 4.84. The zero-order valence-corrected chi connectivity index (χ0v) is 18.1. The summed E-state index contributed by atoms with van der Waals surface area (Å²) in [5.74, 6) is -0.776.